The third-order valence-corrected chi connectivity index (χ3v) is 4.25. The number of unbranched alkanes of at least 4 members (excludes halogenated alkanes) is 3. The number of ether oxygens (including phenoxy) is 3. The van der Waals surface area contributed by atoms with Gasteiger partial charge in [0.2, 0.25) is 0 Å². The second kappa shape index (κ2) is 12.2. The molecule has 0 aliphatic heterocycles. The van der Waals surface area contributed by atoms with Crippen molar-refractivity contribution < 1.29 is 23.8 Å². The van der Waals surface area contributed by atoms with E-state index in [0.29, 0.717) is 30.2 Å². The van der Waals surface area contributed by atoms with Gasteiger partial charge in [0, 0.05) is 17.5 Å². The lowest BCUT2D eigenvalue weighted by Crippen LogP contribution is -2.08. The van der Waals surface area contributed by atoms with Crippen LogP contribution >= 0.6 is 0 Å². The number of carbonyl (C=O) groups is 2. The van der Waals surface area contributed by atoms with Crippen molar-refractivity contribution in [3.8, 4) is 5.75 Å². The lowest BCUT2D eigenvalue weighted by Gasteiger charge is -2.08. The van der Waals surface area contributed by atoms with E-state index in [-0.39, 0.29) is 5.97 Å². The van der Waals surface area contributed by atoms with E-state index in [2.05, 4.69) is 4.74 Å². The van der Waals surface area contributed by atoms with Gasteiger partial charge in [0.1, 0.15) is 5.75 Å². The summed E-state index contributed by atoms with van der Waals surface area (Å²) in [5.41, 5.74) is 13.5. The Balaban J connectivity index is 1.56. The van der Waals surface area contributed by atoms with Gasteiger partial charge in [-0.3, -0.25) is 0 Å². The van der Waals surface area contributed by atoms with E-state index in [1.165, 1.54) is 13.2 Å². The molecule has 0 atom stereocenters. The Morgan fingerprint density at radius 2 is 1.53 bits per heavy atom. The molecule has 2 rings (SSSR count). The van der Waals surface area contributed by atoms with Gasteiger partial charge in [-0.25, -0.2) is 9.59 Å². The number of esters is 2. The van der Waals surface area contributed by atoms with Crippen molar-refractivity contribution in [1.82, 2.24) is 0 Å². The molecule has 7 nitrogen and oxygen atoms in total. The van der Waals surface area contributed by atoms with Gasteiger partial charge < -0.3 is 25.7 Å². The molecule has 0 radical (unpaired) electrons. The molecule has 0 unspecified atom stereocenters. The molecule has 7 heteroatoms. The zero-order valence-corrected chi connectivity index (χ0v) is 17.1. The molecule has 0 aromatic heterocycles. The summed E-state index contributed by atoms with van der Waals surface area (Å²) in [6, 6.07) is 12.2. The van der Waals surface area contributed by atoms with Gasteiger partial charge in [0.15, 0.2) is 0 Å². The molecule has 0 aliphatic rings. The van der Waals surface area contributed by atoms with Crippen LogP contribution in [-0.2, 0) is 14.3 Å². The summed E-state index contributed by atoms with van der Waals surface area (Å²) in [6.45, 7) is 0.967. The maximum absolute atomic E-state index is 12.0. The summed E-state index contributed by atoms with van der Waals surface area (Å²) in [5, 5.41) is 0. The first-order chi connectivity index (χ1) is 14.5. The molecular weight excluding hydrogens is 384 g/mol. The Kier molecular flexibility index (Phi) is 9.24. The van der Waals surface area contributed by atoms with Crippen LogP contribution in [0.15, 0.2) is 48.5 Å². The lowest BCUT2D eigenvalue weighted by atomic mass is 10.2. The number of hydrogen-bond donors (Lipinski definition) is 2. The summed E-state index contributed by atoms with van der Waals surface area (Å²) >= 11 is 0. The number of anilines is 2. The summed E-state index contributed by atoms with van der Waals surface area (Å²) < 4.78 is 15.5. The first-order valence-electron chi connectivity index (χ1n) is 9.80. The zero-order chi connectivity index (χ0) is 21.8. The molecule has 160 valence electrons. The number of nitrogens with two attached hydrogens (primary N) is 2. The molecule has 0 saturated heterocycles. The lowest BCUT2D eigenvalue weighted by molar-refractivity contribution is -0.134. The third kappa shape index (κ3) is 8.26. The number of benzene rings is 2. The molecule has 30 heavy (non-hydrogen) atoms. The number of methoxy groups -OCH3 is 1. The van der Waals surface area contributed by atoms with Gasteiger partial charge in [0.25, 0.3) is 0 Å². The van der Waals surface area contributed by atoms with Gasteiger partial charge in [0.05, 0.1) is 25.9 Å². The van der Waals surface area contributed by atoms with Crippen LogP contribution in [-0.4, -0.2) is 32.3 Å². The van der Waals surface area contributed by atoms with Crippen LogP contribution in [0, 0.1) is 0 Å². The van der Waals surface area contributed by atoms with Gasteiger partial charge in [-0.1, -0.05) is 12.1 Å². The second-order valence-corrected chi connectivity index (χ2v) is 6.71. The number of rotatable bonds is 11. The van der Waals surface area contributed by atoms with Gasteiger partial charge in [-0.2, -0.15) is 0 Å². The third-order valence-electron chi connectivity index (χ3n) is 4.25. The number of carbonyl (C=O) groups excluding carboxylic acids is 2. The van der Waals surface area contributed by atoms with Crippen molar-refractivity contribution in [3.05, 3.63) is 59.7 Å². The number of nitrogen functional groups attached to an aromatic ring is 2. The van der Waals surface area contributed by atoms with Crippen LogP contribution in [0.1, 0.15) is 41.6 Å². The van der Waals surface area contributed by atoms with E-state index in [0.717, 1.165) is 37.0 Å². The minimum absolute atomic E-state index is 0.356. The SMILES string of the molecule is COC(=O)/C=C/c1ccc(OCCCCCCOC(=O)c2cc(N)cc(N)c2)cc1. The van der Waals surface area contributed by atoms with Crippen LogP contribution in [0.2, 0.25) is 0 Å². The Hall–Kier alpha value is -3.48. The van der Waals surface area contributed by atoms with Crippen molar-refractivity contribution in [2.24, 2.45) is 0 Å². The topological polar surface area (TPSA) is 114 Å². The van der Waals surface area contributed by atoms with E-state index in [4.69, 9.17) is 20.9 Å². The van der Waals surface area contributed by atoms with Crippen LogP contribution in [0.5, 0.6) is 5.75 Å². The maximum atomic E-state index is 12.0. The minimum atomic E-state index is -0.415. The van der Waals surface area contributed by atoms with E-state index in [1.54, 1.807) is 24.3 Å². The fraction of sp³-hybridized carbons (Fsp3) is 0.304. The van der Waals surface area contributed by atoms with Crippen molar-refractivity contribution in [1.29, 1.82) is 0 Å². The molecule has 0 fully saturated rings. The molecule has 0 saturated carbocycles. The first-order valence-corrected chi connectivity index (χ1v) is 9.80. The smallest absolute Gasteiger partial charge is 0.338 e. The average Bonchev–Trinajstić information content (AvgIpc) is 2.73. The summed E-state index contributed by atoms with van der Waals surface area (Å²) in [5.74, 6) is -0.0256. The highest BCUT2D eigenvalue weighted by atomic mass is 16.5. The highest BCUT2D eigenvalue weighted by Crippen LogP contribution is 2.16. The average molecular weight is 412 g/mol. The predicted molar refractivity (Wildman–Crippen MR) is 117 cm³/mol. The highest BCUT2D eigenvalue weighted by molar-refractivity contribution is 5.91. The Morgan fingerprint density at radius 1 is 0.900 bits per heavy atom. The minimum Gasteiger partial charge on any atom is -0.494 e. The Bertz CT molecular complexity index is 842. The van der Waals surface area contributed by atoms with E-state index >= 15 is 0 Å². The van der Waals surface area contributed by atoms with E-state index in [1.807, 2.05) is 24.3 Å². The molecule has 0 heterocycles. The van der Waals surface area contributed by atoms with Gasteiger partial charge in [-0.15, -0.1) is 0 Å². The van der Waals surface area contributed by atoms with E-state index in [9.17, 15) is 9.59 Å². The van der Waals surface area contributed by atoms with E-state index < -0.39 is 5.97 Å². The maximum Gasteiger partial charge on any atom is 0.338 e. The van der Waals surface area contributed by atoms with Crippen LogP contribution < -0.4 is 16.2 Å². The summed E-state index contributed by atoms with van der Waals surface area (Å²) in [6.07, 6.45) is 6.66. The number of hydrogen-bond acceptors (Lipinski definition) is 7. The fourth-order valence-electron chi connectivity index (χ4n) is 2.70. The Morgan fingerprint density at radius 3 is 2.17 bits per heavy atom. The predicted octanol–water partition coefficient (Wildman–Crippen LogP) is 3.83. The highest BCUT2D eigenvalue weighted by Gasteiger charge is 2.08. The molecular formula is C23H28N2O5. The molecule has 2 aromatic rings. The van der Waals surface area contributed by atoms with Gasteiger partial charge >= 0.3 is 11.9 Å². The molecule has 0 spiro atoms. The zero-order valence-electron chi connectivity index (χ0n) is 17.1. The first kappa shape index (κ1) is 22.8. The standard InChI is InChI=1S/C23H28N2O5/c1-28-22(26)11-8-17-6-9-21(10-7-17)29-12-4-2-3-5-13-30-23(27)18-14-19(24)16-20(25)15-18/h6-11,14-16H,2-5,12-13,24-25H2,1H3/b11-8+. The molecule has 2 aromatic carbocycles. The molecule has 0 bridgehead atoms. The second-order valence-electron chi connectivity index (χ2n) is 6.71. The molecule has 0 amide bonds. The molecule has 0 aliphatic carbocycles. The van der Waals surface area contributed by atoms with Crippen molar-refractivity contribution in [2.75, 3.05) is 31.8 Å². The summed E-state index contributed by atoms with van der Waals surface area (Å²) in [4.78, 5) is 23.1. The molecule has 4 N–H and O–H groups in total. The van der Waals surface area contributed by atoms with Crippen molar-refractivity contribution in [2.45, 2.75) is 25.7 Å². The largest absolute Gasteiger partial charge is 0.494 e. The monoisotopic (exact) mass is 412 g/mol. The fourth-order valence-corrected chi connectivity index (χ4v) is 2.70. The normalized spacial score (nSPS) is 10.7. The van der Waals surface area contributed by atoms with Crippen LogP contribution in [0.25, 0.3) is 6.08 Å². The summed E-state index contributed by atoms with van der Waals surface area (Å²) in [7, 11) is 1.34. The van der Waals surface area contributed by atoms with Crippen molar-refractivity contribution in [3.63, 3.8) is 0 Å². The van der Waals surface area contributed by atoms with Crippen LogP contribution in [0.3, 0.4) is 0 Å². The van der Waals surface area contributed by atoms with Crippen molar-refractivity contribution >= 4 is 29.4 Å². The van der Waals surface area contributed by atoms with Gasteiger partial charge in [-0.05, 0) is 67.7 Å². The Labute approximate surface area is 176 Å². The van der Waals surface area contributed by atoms with Crippen LogP contribution in [0.4, 0.5) is 11.4 Å². The quantitative estimate of drug-likeness (QED) is 0.249.